The molecular weight excluding hydrogens is 438 g/mol. The number of nitrogens with zero attached hydrogens (tertiary/aromatic N) is 1. The molecule has 5 rings (SSSR count). The van der Waals surface area contributed by atoms with Crippen LogP contribution in [-0.2, 0) is 28.7 Å². The molecule has 2 aliphatic carbocycles. The number of amides is 2. The summed E-state index contributed by atoms with van der Waals surface area (Å²) in [6.45, 7) is 11.2. The zero-order valence-corrected chi connectivity index (χ0v) is 20.5. The van der Waals surface area contributed by atoms with Crippen LogP contribution in [0.3, 0.4) is 0 Å². The molecule has 4 fully saturated rings. The summed E-state index contributed by atoms with van der Waals surface area (Å²) < 4.78 is 11.3. The average molecular weight is 470 g/mol. The SMILES string of the molecule is CC12CCC(C(=O)Nc3cccc(NC(=O)[C@@]45CC[C@@](C)(C(=O)O4)C5(C)C)n3)(OC1=O)C2(C)C. The molecule has 3 heterocycles. The van der Waals surface area contributed by atoms with Crippen LogP contribution < -0.4 is 10.6 Å². The first-order valence-corrected chi connectivity index (χ1v) is 11.7. The fourth-order valence-corrected chi connectivity index (χ4v) is 6.50. The lowest BCUT2D eigenvalue weighted by atomic mass is 9.66. The van der Waals surface area contributed by atoms with Gasteiger partial charge in [0.1, 0.15) is 11.6 Å². The van der Waals surface area contributed by atoms with Gasteiger partial charge in [-0.1, -0.05) is 33.8 Å². The monoisotopic (exact) mass is 469 g/mol. The number of hydrogen-bond acceptors (Lipinski definition) is 7. The second-order valence-corrected chi connectivity index (χ2v) is 11.7. The molecule has 0 spiro atoms. The van der Waals surface area contributed by atoms with Crippen molar-refractivity contribution >= 4 is 35.4 Å². The second-order valence-electron chi connectivity index (χ2n) is 11.7. The fourth-order valence-electron chi connectivity index (χ4n) is 6.50. The first-order chi connectivity index (χ1) is 15.7. The lowest BCUT2D eigenvalue weighted by molar-refractivity contribution is -0.166. The first kappa shape index (κ1) is 22.8. The molecule has 182 valence electrons. The first-order valence-electron chi connectivity index (χ1n) is 11.7. The van der Waals surface area contributed by atoms with Crippen LogP contribution in [0.1, 0.15) is 67.2 Å². The van der Waals surface area contributed by atoms with Gasteiger partial charge in [-0.2, -0.15) is 0 Å². The minimum absolute atomic E-state index is 0.223. The van der Waals surface area contributed by atoms with Gasteiger partial charge < -0.3 is 20.1 Å². The molecule has 1 aromatic rings. The molecule has 2 aliphatic heterocycles. The van der Waals surface area contributed by atoms with Crippen LogP contribution in [0, 0.1) is 21.7 Å². The summed E-state index contributed by atoms with van der Waals surface area (Å²) in [5, 5.41) is 5.55. The van der Waals surface area contributed by atoms with Gasteiger partial charge in [0.2, 0.25) is 0 Å². The minimum atomic E-state index is -1.27. The van der Waals surface area contributed by atoms with Gasteiger partial charge in [-0.25, -0.2) is 4.98 Å². The second kappa shape index (κ2) is 6.37. The minimum Gasteiger partial charge on any atom is -0.448 e. The Bertz CT molecular complexity index is 1080. The summed E-state index contributed by atoms with van der Waals surface area (Å²) in [4.78, 5) is 56.0. The molecule has 0 radical (unpaired) electrons. The zero-order valence-electron chi connectivity index (χ0n) is 20.5. The van der Waals surface area contributed by atoms with Crippen LogP contribution >= 0.6 is 0 Å². The van der Waals surface area contributed by atoms with E-state index >= 15 is 0 Å². The van der Waals surface area contributed by atoms with E-state index in [2.05, 4.69) is 15.6 Å². The third-order valence-electron chi connectivity index (χ3n) is 10.1. The predicted molar refractivity (Wildman–Crippen MR) is 121 cm³/mol. The molecule has 1 aromatic heterocycles. The average Bonchev–Trinajstić information content (AvgIpc) is 3.22. The summed E-state index contributed by atoms with van der Waals surface area (Å²) in [7, 11) is 0. The lowest BCUT2D eigenvalue weighted by Crippen LogP contribution is -2.51. The summed E-state index contributed by atoms with van der Waals surface area (Å²) in [6, 6.07) is 4.86. The standard InChI is InChI=1S/C25H31N3O6/c1-20(2)22(5)10-12-24(20,33-18(22)31)16(29)27-14-8-7-9-15(26-14)28-17(30)25-13-11-23(6,19(32)34-25)21(25,3)4/h7-9H,10-13H2,1-6H3,(H2,26,27,28,29,30)/t22-,23?,24+,25?/m0/s1. The van der Waals surface area contributed by atoms with Crippen molar-refractivity contribution in [1.29, 1.82) is 0 Å². The van der Waals surface area contributed by atoms with Crippen molar-refractivity contribution in [3.63, 3.8) is 0 Å². The van der Waals surface area contributed by atoms with E-state index in [0.29, 0.717) is 25.7 Å². The maximum atomic E-state index is 13.3. The quantitative estimate of drug-likeness (QED) is 0.649. The van der Waals surface area contributed by atoms with Crippen LogP contribution in [-0.4, -0.2) is 39.9 Å². The number of esters is 2. The summed E-state index contributed by atoms with van der Waals surface area (Å²) in [5.41, 5.74) is -5.33. The fraction of sp³-hybridized carbons (Fsp3) is 0.640. The van der Waals surface area contributed by atoms with Gasteiger partial charge in [0.15, 0.2) is 11.2 Å². The number of anilines is 2. The number of fused-ring (bicyclic) bond motifs is 4. The highest BCUT2D eigenvalue weighted by Gasteiger charge is 2.76. The van der Waals surface area contributed by atoms with Gasteiger partial charge in [-0.3, -0.25) is 19.2 Å². The lowest BCUT2D eigenvalue weighted by Gasteiger charge is -2.35. The largest absolute Gasteiger partial charge is 0.448 e. The van der Waals surface area contributed by atoms with Crippen molar-refractivity contribution in [2.45, 2.75) is 78.4 Å². The van der Waals surface area contributed by atoms with Gasteiger partial charge in [-0.05, 0) is 51.7 Å². The van der Waals surface area contributed by atoms with E-state index < -0.39 is 44.7 Å². The van der Waals surface area contributed by atoms with Crippen LogP contribution in [0.2, 0.25) is 0 Å². The van der Waals surface area contributed by atoms with Crippen molar-refractivity contribution in [2.24, 2.45) is 21.7 Å². The van der Waals surface area contributed by atoms with Crippen molar-refractivity contribution < 1.29 is 28.7 Å². The number of carbonyl (C=O) groups excluding carboxylic acids is 4. The van der Waals surface area contributed by atoms with Crippen LogP contribution in [0.15, 0.2) is 18.2 Å². The summed E-state index contributed by atoms with van der Waals surface area (Å²) >= 11 is 0. The molecule has 0 aromatic carbocycles. The van der Waals surface area contributed by atoms with Crippen molar-refractivity contribution in [2.75, 3.05) is 10.6 Å². The molecule has 4 bridgehead atoms. The van der Waals surface area contributed by atoms with E-state index in [9.17, 15) is 19.2 Å². The Morgan fingerprint density at radius 1 is 0.735 bits per heavy atom. The number of nitrogens with one attached hydrogen (secondary N) is 2. The van der Waals surface area contributed by atoms with E-state index in [-0.39, 0.29) is 23.6 Å². The summed E-state index contributed by atoms with van der Waals surface area (Å²) in [5.74, 6) is -1.13. The maximum Gasteiger partial charge on any atom is 0.313 e. The Morgan fingerprint density at radius 2 is 1.12 bits per heavy atom. The Balaban J connectivity index is 1.36. The predicted octanol–water partition coefficient (Wildman–Crippen LogP) is 3.20. The number of hydrogen-bond donors (Lipinski definition) is 2. The van der Waals surface area contributed by atoms with Crippen molar-refractivity contribution in [3.8, 4) is 0 Å². The molecule has 2 unspecified atom stereocenters. The Kier molecular flexibility index (Phi) is 4.27. The van der Waals surface area contributed by atoms with E-state index in [1.807, 2.05) is 41.5 Å². The molecule has 2 saturated heterocycles. The molecule has 4 atom stereocenters. The smallest absolute Gasteiger partial charge is 0.313 e. The number of carbonyl (C=O) groups is 4. The Labute approximate surface area is 198 Å². The highest BCUT2D eigenvalue weighted by atomic mass is 16.6. The summed E-state index contributed by atoms with van der Waals surface area (Å²) in [6.07, 6.45) is 2.02. The highest BCUT2D eigenvalue weighted by Crippen LogP contribution is 2.66. The Morgan fingerprint density at radius 3 is 1.41 bits per heavy atom. The molecule has 2 amide bonds. The van der Waals surface area contributed by atoms with Crippen molar-refractivity contribution in [3.05, 3.63) is 18.2 Å². The highest BCUT2D eigenvalue weighted by molar-refractivity contribution is 6.04. The number of rotatable bonds is 4. The van der Waals surface area contributed by atoms with Crippen LogP contribution in [0.25, 0.3) is 0 Å². The zero-order chi connectivity index (χ0) is 24.9. The van der Waals surface area contributed by atoms with E-state index in [4.69, 9.17) is 9.47 Å². The van der Waals surface area contributed by atoms with E-state index in [1.165, 1.54) is 0 Å². The van der Waals surface area contributed by atoms with Gasteiger partial charge in [0.25, 0.3) is 11.8 Å². The molecule has 2 saturated carbocycles. The number of pyridine rings is 1. The molecule has 2 N–H and O–H groups in total. The topological polar surface area (TPSA) is 124 Å². The van der Waals surface area contributed by atoms with Crippen molar-refractivity contribution in [1.82, 2.24) is 4.98 Å². The molecule has 9 nitrogen and oxygen atoms in total. The van der Waals surface area contributed by atoms with Crippen LogP contribution in [0.5, 0.6) is 0 Å². The Hall–Kier alpha value is -2.97. The van der Waals surface area contributed by atoms with Crippen LogP contribution in [0.4, 0.5) is 11.6 Å². The number of ether oxygens (including phenoxy) is 2. The maximum absolute atomic E-state index is 13.3. The third-order valence-corrected chi connectivity index (χ3v) is 10.1. The molecule has 34 heavy (non-hydrogen) atoms. The normalized spacial score (nSPS) is 38.4. The number of aromatic nitrogens is 1. The van der Waals surface area contributed by atoms with Gasteiger partial charge in [-0.15, -0.1) is 0 Å². The van der Waals surface area contributed by atoms with E-state index in [0.717, 1.165) is 0 Å². The third kappa shape index (κ3) is 2.33. The van der Waals surface area contributed by atoms with Gasteiger partial charge in [0, 0.05) is 10.8 Å². The molecule has 9 heteroatoms. The van der Waals surface area contributed by atoms with Gasteiger partial charge in [0.05, 0.1) is 10.8 Å². The van der Waals surface area contributed by atoms with E-state index in [1.54, 1.807) is 18.2 Å². The van der Waals surface area contributed by atoms with Gasteiger partial charge >= 0.3 is 11.9 Å². The molecular formula is C25H31N3O6. The molecule has 4 aliphatic rings.